The molecule has 76 heavy (non-hydrogen) atoms. The first-order valence-electron chi connectivity index (χ1n) is 25.4. The first kappa shape index (κ1) is 40.8. The molecule has 17 aromatic rings. The van der Waals surface area contributed by atoms with Crippen LogP contribution in [0.5, 0.6) is 0 Å². The van der Waals surface area contributed by atoms with Gasteiger partial charge in [0.1, 0.15) is 34.4 Å². The highest BCUT2D eigenvalue weighted by atomic mass is 16.3. The molecule has 0 aliphatic heterocycles. The summed E-state index contributed by atoms with van der Waals surface area (Å²) < 4.78 is 23.1. The minimum atomic E-state index is 0.314. The second-order valence-electron chi connectivity index (χ2n) is 19.7. The molecule has 11 aromatic carbocycles. The number of nitriles is 2. The van der Waals surface area contributed by atoms with Gasteiger partial charge in [0.2, 0.25) is 0 Å². The van der Waals surface area contributed by atoms with Crippen molar-refractivity contribution in [2.24, 2.45) is 0 Å². The Labute approximate surface area is 431 Å². The maximum Gasteiger partial charge on any atom is 0.160 e. The van der Waals surface area contributed by atoms with Crippen molar-refractivity contribution in [1.29, 1.82) is 10.5 Å². The van der Waals surface area contributed by atoms with Crippen LogP contribution in [0.15, 0.2) is 227 Å². The summed E-state index contributed by atoms with van der Waals surface area (Å²) in [7, 11) is 0. The summed E-state index contributed by atoms with van der Waals surface area (Å²) in [5.41, 5.74) is 12.7. The molecule has 6 heterocycles. The van der Waals surface area contributed by atoms with E-state index in [-0.39, 0.29) is 0 Å². The van der Waals surface area contributed by atoms with Crippen molar-refractivity contribution in [3.63, 3.8) is 0 Å². The summed E-state index contributed by atoms with van der Waals surface area (Å²) in [6.07, 6.45) is 0. The largest absolute Gasteiger partial charge is 0.454 e. The molecule has 8 nitrogen and oxygen atoms in total. The minimum absolute atomic E-state index is 0.314. The lowest BCUT2D eigenvalue weighted by Gasteiger charge is -2.27. The fourth-order valence-electron chi connectivity index (χ4n) is 13.0. The van der Waals surface area contributed by atoms with Gasteiger partial charge in [-0.3, -0.25) is 0 Å². The number of rotatable bonds is 4. The number of aromatic nitrogens is 4. The summed E-state index contributed by atoms with van der Waals surface area (Å²) in [6.45, 7) is 0. The number of hydrogen-bond acceptors (Lipinski definition) is 4. The van der Waals surface area contributed by atoms with Gasteiger partial charge in [-0.1, -0.05) is 158 Å². The lowest BCUT2D eigenvalue weighted by molar-refractivity contribution is 0.671. The summed E-state index contributed by atoms with van der Waals surface area (Å²) in [4.78, 5) is 0. The van der Waals surface area contributed by atoms with Crippen LogP contribution in [0.2, 0.25) is 0 Å². The van der Waals surface area contributed by atoms with Crippen molar-refractivity contribution >= 4 is 131 Å². The molecule has 0 radical (unpaired) electrons. The molecule has 0 N–H and O–H groups in total. The Bertz CT molecular complexity index is 5190. The van der Waals surface area contributed by atoms with Crippen LogP contribution in [-0.2, 0) is 0 Å². The van der Waals surface area contributed by atoms with Crippen molar-refractivity contribution in [3.8, 4) is 34.9 Å². The van der Waals surface area contributed by atoms with Gasteiger partial charge in [0, 0.05) is 64.6 Å². The molecule has 0 aliphatic rings. The SMILES string of the molecule is N#Cc1c(-n2c3ccccc3c3ccccc32)c(C#N)c(-n2c3ccccc3c3ccc4c5ccccc5oc4c32)c(-n2c3ccccc3c3ccccc32)c1-n1c2ccccc2c2ccc3c4ccccc4oc3c21. The highest BCUT2D eigenvalue weighted by Crippen LogP contribution is 2.51. The monoisotopic (exact) mass is 968 g/mol. The molecule has 6 aromatic heterocycles. The number of nitrogens with zero attached hydrogens (tertiary/aromatic N) is 6. The van der Waals surface area contributed by atoms with E-state index in [9.17, 15) is 10.5 Å². The Hall–Kier alpha value is -10.8. The first-order chi connectivity index (χ1) is 37.7. The van der Waals surface area contributed by atoms with Crippen LogP contribution in [0, 0.1) is 22.7 Å². The molecule has 0 aliphatic carbocycles. The Balaban J connectivity index is 1.23. The second-order valence-corrected chi connectivity index (χ2v) is 19.7. The standard InChI is InChI=1S/C68H36N6O2/c69-37-51-61(71-53-25-9-1-17-39(53)40-18-2-10-26-54(40)71)52(38-70)63(74-58-30-14-6-22-44(58)48-34-36-50-46-24-8-16-32-60(46)76-68(50)65(48)74)66(72-55-27-11-3-19-41(55)42-20-4-12-28-56(42)72)62(51)73-57-29-13-5-21-43(57)47-33-35-49-45-23-7-15-31-59(45)75-67(49)64(47)73/h1-36H. The highest BCUT2D eigenvalue weighted by Gasteiger charge is 2.36. The topological polar surface area (TPSA) is 93.6 Å². The molecule has 0 saturated carbocycles. The molecule has 8 heteroatoms. The van der Waals surface area contributed by atoms with E-state index in [0.29, 0.717) is 45.0 Å². The van der Waals surface area contributed by atoms with Gasteiger partial charge >= 0.3 is 0 Å². The molecular weight excluding hydrogens is 933 g/mol. The molecule has 0 unspecified atom stereocenters. The maximum absolute atomic E-state index is 12.6. The Morgan fingerprint density at radius 2 is 0.526 bits per heavy atom. The lowest BCUT2D eigenvalue weighted by Crippen LogP contribution is -2.17. The molecule has 0 amide bonds. The van der Waals surface area contributed by atoms with Gasteiger partial charge in [0.05, 0.1) is 66.9 Å². The van der Waals surface area contributed by atoms with E-state index in [4.69, 9.17) is 8.83 Å². The zero-order valence-electron chi connectivity index (χ0n) is 40.3. The van der Waals surface area contributed by atoms with Crippen molar-refractivity contribution in [2.75, 3.05) is 0 Å². The van der Waals surface area contributed by atoms with Crippen LogP contribution in [0.4, 0.5) is 0 Å². The van der Waals surface area contributed by atoms with E-state index in [2.05, 4.69) is 188 Å². The number of benzene rings is 11. The number of para-hydroxylation sites is 8. The molecule has 0 saturated heterocycles. The minimum Gasteiger partial charge on any atom is -0.454 e. The molecule has 0 spiro atoms. The molecule has 350 valence electrons. The Morgan fingerprint density at radius 3 is 0.882 bits per heavy atom. The zero-order chi connectivity index (χ0) is 49.9. The number of furan rings is 2. The summed E-state index contributed by atoms with van der Waals surface area (Å²) >= 11 is 0. The smallest absolute Gasteiger partial charge is 0.160 e. The van der Waals surface area contributed by atoms with E-state index in [0.717, 1.165) is 120 Å². The van der Waals surface area contributed by atoms with Crippen molar-refractivity contribution < 1.29 is 8.83 Å². The molecular formula is C68H36N6O2. The Kier molecular flexibility index (Phi) is 7.99. The van der Waals surface area contributed by atoms with Gasteiger partial charge in [-0.15, -0.1) is 0 Å². The van der Waals surface area contributed by atoms with E-state index in [1.165, 1.54) is 0 Å². The zero-order valence-corrected chi connectivity index (χ0v) is 40.3. The van der Waals surface area contributed by atoms with Crippen molar-refractivity contribution in [1.82, 2.24) is 18.3 Å². The molecule has 0 fully saturated rings. The van der Waals surface area contributed by atoms with E-state index in [1.807, 2.05) is 60.7 Å². The highest BCUT2D eigenvalue weighted by molar-refractivity contribution is 6.24. The fourth-order valence-corrected chi connectivity index (χ4v) is 13.0. The maximum atomic E-state index is 12.6. The predicted molar refractivity (Wildman–Crippen MR) is 308 cm³/mol. The van der Waals surface area contributed by atoms with E-state index >= 15 is 0 Å². The normalized spacial score (nSPS) is 12.2. The van der Waals surface area contributed by atoms with Crippen molar-refractivity contribution in [3.05, 3.63) is 230 Å². The first-order valence-corrected chi connectivity index (χ1v) is 25.4. The van der Waals surface area contributed by atoms with Crippen LogP contribution < -0.4 is 0 Å². The number of hydrogen-bond donors (Lipinski definition) is 0. The lowest BCUT2D eigenvalue weighted by atomic mass is 9.98. The van der Waals surface area contributed by atoms with Crippen LogP contribution >= 0.6 is 0 Å². The summed E-state index contributed by atoms with van der Waals surface area (Å²) in [5, 5.41) is 37.1. The third-order valence-corrected chi connectivity index (χ3v) is 16.0. The van der Waals surface area contributed by atoms with Crippen molar-refractivity contribution in [2.45, 2.75) is 0 Å². The Morgan fingerprint density at radius 1 is 0.250 bits per heavy atom. The summed E-state index contributed by atoms with van der Waals surface area (Å²) in [6, 6.07) is 81.1. The quantitative estimate of drug-likeness (QED) is 0.176. The van der Waals surface area contributed by atoms with Gasteiger partial charge in [-0.25, -0.2) is 0 Å². The van der Waals surface area contributed by atoms with Crippen LogP contribution in [0.25, 0.3) is 154 Å². The van der Waals surface area contributed by atoms with Gasteiger partial charge in [-0.05, 0) is 60.7 Å². The average Bonchev–Trinajstić information content (AvgIpc) is 4.48. The molecule has 17 rings (SSSR count). The molecule has 0 atom stereocenters. The van der Waals surface area contributed by atoms with E-state index in [1.54, 1.807) is 0 Å². The average molecular weight is 969 g/mol. The summed E-state index contributed by atoms with van der Waals surface area (Å²) in [5.74, 6) is 0. The fraction of sp³-hybridized carbons (Fsp3) is 0. The third kappa shape index (κ3) is 5.09. The van der Waals surface area contributed by atoms with Gasteiger partial charge in [0.15, 0.2) is 11.2 Å². The second kappa shape index (κ2) is 14.9. The number of fused-ring (bicyclic) bond motifs is 20. The molecule has 0 bridgehead atoms. The van der Waals surface area contributed by atoms with E-state index < -0.39 is 0 Å². The van der Waals surface area contributed by atoms with Crippen LogP contribution in [0.1, 0.15) is 11.1 Å². The van der Waals surface area contributed by atoms with Gasteiger partial charge in [-0.2, -0.15) is 10.5 Å². The predicted octanol–water partition coefficient (Wildman–Crippen LogP) is 17.6. The van der Waals surface area contributed by atoms with Gasteiger partial charge < -0.3 is 27.1 Å². The van der Waals surface area contributed by atoms with Gasteiger partial charge in [0.25, 0.3) is 0 Å². The van der Waals surface area contributed by atoms with Crippen LogP contribution in [-0.4, -0.2) is 18.3 Å². The van der Waals surface area contributed by atoms with Crippen LogP contribution in [0.3, 0.4) is 0 Å². The third-order valence-electron chi connectivity index (χ3n) is 16.0.